The van der Waals surface area contributed by atoms with E-state index in [1.165, 1.54) is 0 Å². The Morgan fingerprint density at radius 2 is 1.67 bits per heavy atom. The Morgan fingerprint density at radius 1 is 1.14 bits per heavy atom. The van der Waals surface area contributed by atoms with Gasteiger partial charge in [-0.25, -0.2) is 0 Å². The fourth-order valence-corrected chi connectivity index (χ4v) is 2.32. The van der Waals surface area contributed by atoms with E-state index in [2.05, 4.69) is 5.32 Å². The molecule has 110 valence electrons. The number of carbonyl (C=O) groups is 1. The maximum Gasteiger partial charge on any atom is 0.243 e. The molecule has 2 unspecified atom stereocenters. The van der Waals surface area contributed by atoms with Gasteiger partial charge in [0.2, 0.25) is 5.91 Å². The standard InChI is InChI=1S/C17H18ClNO2/c1-17(12-20,14-10-6-3-7-11-14)19-16(21)15(18)13-8-4-2-5-9-13/h2-11,15,20H,12H2,1H3,(H,19,21). The van der Waals surface area contributed by atoms with Gasteiger partial charge >= 0.3 is 0 Å². The summed E-state index contributed by atoms with van der Waals surface area (Å²) in [7, 11) is 0. The summed E-state index contributed by atoms with van der Waals surface area (Å²) in [4.78, 5) is 12.3. The summed E-state index contributed by atoms with van der Waals surface area (Å²) in [5, 5.41) is 11.7. The van der Waals surface area contributed by atoms with E-state index in [1.54, 1.807) is 19.1 Å². The first-order valence-electron chi connectivity index (χ1n) is 6.74. The highest BCUT2D eigenvalue weighted by Gasteiger charge is 2.30. The molecule has 0 bridgehead atoms. The van der Waals surface area contributed by atoms with Gasteiger partial charge in [0.1, 0.15) is 5.38 Å². The molecular formula is C17H18ClNO2. The maximum absolute atomic E-state index is 12.3. The van der Waals surface area contributed by atoms with Crippen molar-refractivity contribution >= 4 is 17.5 Å². The predicted octanol–water partition coefficient (Wildman–Crippen LogP) is 2.99. The number of halogens is 1. The van der Waals surface area contributed by atoms with Gasteiger partial charge in [-0.05, 0) is 18.1 Å². The fourth-order valence-electron chi connectivity index (χ4n) is 2.12. The van der Waals surface area contributed by atoms with Crippen LogP contribution in [0.1, 0.15) is 23.4 Å². The lowest BCUT2D eigenvalue weighted by Crippen LogP contribution is -2.47. The molecule has 2 rings (SSSR count). The Bertz CT molecular complexity index is 588. The van der Waals surface area contributed by atoms with Crippen molar-refractivity contribution in [1.82, 2.24) is 5.32 Å². The molecule has 0 aliphatic carbocycles. The van der Waals surface area contributed by atoms with Crippen LogP contribution < -0.4 is 5.32 Å². The lowest BCUT2D eigenvalue weighted by molar-refractivity contribution is -0.123. The first-order chi connectivity index (χ1) is 10.1. The van der Waals surface area contributed by atoms with E-state index in [-0.39, 0.29) is 12.5 Å². The first kappa shape index (κ1) is 15.5. The zero-order chi connectivity index (χ0) is 15.3. The Balaban J connectivity index is 2.17. The molecule has 2 N–H and O–H groups in total. The number of hydrogen-bond donors (Lipinski definition) is 2. The molecule has 3 nitrogen and oxygen atoms in total. The maximum atomic E-state index is 12.3. The number of hydrogen-bond acceptors (Lipinski definition) is 2. The SMILES string of the molecule is CC(CO)(NC(=O)C(Cl)c1ccccc1)c1ccccc1. The number of aliphatic hydroxyl groups excluding tert-OH is 1. The Morgan fingerprint density at radius 3 is 2.19 bits per heavy atom. The summed E-state index contributed by atoms with van der Waals surface area (Å²) in [6, 6.07) is 18.5. The monoisotopic (exact) mass is 303 g/mol. The van der Waals surface area contributed by atoms with Gasteiger partial charge in [-0.15, -0.1) is 11.6 Å². The second-order valence-electron chi connectivity index (χ2n) is 5.12. The smallest absolute Gasteiger partial charge is 0.243 e. The highest BCUT2D eigenvalue weighted by atomic mass is 35.5. The Labute approximate surface area is 129 Å². The molecule has 0 aliphatic heterocycles. The zero-order valence-corrected chi connectivity index (χ0v) is 12.5. The lowest BCUT2D eigenvalue weighted by atomic mass is 9.92. The van der Waals surface area contributed by atoms with Crippen molar-refractivity contribution in [2.24, 2.45) is 0 Å². The van der Waals surface area contributed by atoms with E-state index < -0.39 is 10.9 Å². The van der Waals surface area contributed by atoms with Crippen LogP contribution in [0.3, 0.4) is 0 Å². The first-order valence-corrected chi connectivity index (χ1v) is 7.18. The lowest BCUT2D eigenvalue weighted by Gasteiger charge is -2.30. The van der Waals surface area contributed by atoms with E-state index in [0.29, 0.717) is 0 Å². The molecule has 0 radical (unpaired) electrons. The van der Waals surface area contributed by atoms with Crippen LogP contribution in [-0.4, -0.2) is 17.6 Å². The highest BCUT2D eigenvalue weighted by molar-refractivity contribution is 6.30. The minimum atomic E-state index is -0.861. The van der Waals surface area contributed by atoms with E-state index in [0.717, 1.165) is 11.1 Å². The summed E-state index contributed by atoms with van der Waals surface area (Å²) in [5.41, 5.74) is 0.697. The molecule has 0 saturated carbocycles. The van der Waals surface area contributed by atoms with Gasteiger partial charge in [-0.2, -0.15) is 0 Å². The average Bonchev–Trinajstić information content (AvgIpc) is 2.55. The highest BCUT2D eigenvalue weighted by Crippen LogP contribution is 2.25. The zero-order valence-electron chi connectivity index (χ0n) is 11.8. The summed E-state index contributed by atoms with van der Waals surface area (Å²) in [6.45, 7) is 1.57. The summed E-state index contributed by atoms with van der Waals surface area (Å²) >= 11 is 6.21. The number of carbonyl (C=O) groups excluding carboxylic acids is 1. The van der Waals surface area contributed by atoms with Crippen LogP contribution in [0.2, 0.25) is 0 Å². The predicted molar refractivity (Wildman–Crippen MR) is 84.1 cm³/mol. The van der Waals surface area contributed by atoms with Gasteiger partial charge in [0.05, 0.1) is 12.1 Å². The van der Waals surface area contributed by atoms with Crippen molar-refractivity contribution in [3.63, 3.8) is 0 Å². The topological polar surface area (TPSA) is 49.3 Å². The number of amides is 1. The van der Waals surface area contributed by atoms with E-state index >= 15 is 0 Å². The molecule has 0 heterocycles. The van der Waals surface area contributed by atoms with Crippen LogP contribution in [0.4, 0.5) is 0 Å². The van der Waals surface area contributed by atoms with Crippen LogP contribution in [0, 0.1) is 0 Å². The van der Waals surface area contributed by atoms with Crippen LogP contribution in [0.15, 0.2) is 60.7 Å². The number of aliphatic hydroxyl groups is 1. The molecule has 0 aliphatic rings. The third-order valence-electron chi connectivity index (χ3n) is 3.45. The third-order valence-corrected chi connectivity index (χ3v) is 3.90. The molecule has 0 fully saturated rings. The fraction of sp³-hybridized carbons (Fsp3) is 0.235. The van der Waals surface area contributed by atoms with E-state index in [4.69, 9.17) is 11.6 Å². The van der Waals surface area contributed by atoms with Crippen molar-refractivity contribution in [3.05, 3.63) is 71.8 Å². The van der Waals surface area contributed by atoms with Crippen molar-refractivity contribution in [2.45, 2.75) is 17.8 Å². The molecule has 0 aromatic heterocycles. The van der Waals surface area contributed by atoms with E-state index in [1.807, 2.05) is 48.5 Å². The number of nitrogens with one attached hydrogen (secondary N) is 1. The molecule has 1 amide bonds. The van der Waals surface area contributed by atoms with Gasteiger partial charge < -0.3 is 10.4 Å². The Hall–Kier alpha value is -1.84. The quantitative estimate of drug-likeness (QED) is 0.834. The van der Waals surface area contributed by atoms with Gasteiger partial charge in [-0.3, -0.25) is 4.79 Å². The number of rotatable bonds is 5. The van der Waals surface area contributed by atoms with Gasteiger partial charge in [-0.1, -0.05) is 60.7 Å². The van der Waals surface area contributed by atoms with Crippen molar-refractivity contribution in [3.8, 4) is 0 Å². The minimum absolute atomic E-state index is 0.207. The van der Waals surface area contributed by atoms with Gasteiger partial charge in [0, 0.05) is 0 Å². The molecule has 21 heavy (non-hydrogen) atoms. The number of benzene rings is 2. The van der Waals surface area contributed by atoms with Crippen LogP contribution in [0.25, 0.3) is 0 Å². The minimum Gasteiger partial charge on any atom is -0.394 e. The van der Waals surface area contributed by atoms with Crippen LogP contribution in [-0.2, 0) is 10.3 Å². The second-order valence-corrected chi connectivity index (χ2v) is 5.56. The largest absolute Gasteiger partial charge is 0.394 e. The van der Waals surface area contributed by atoms with Gasteiger partial charge in [0.15, 0.2) is 0 Å². The third kappa shape index (κ3) is 3.63. The molecule has 2 atom stereocenters. The second kappa shape index (κ2) is 6.74. The summed E-state index contributed by atoms with van der Waals surface area (Å²) < 4.78 is 0. The normalized spacial score (nSPS) is 15.0. The average molecular weight is 304 g/mol. The van der Waals surface area contributed by atoms with Crippen molar-refractivity contribution < 1.29 is 9.90 Å². The van der Waals surface area contributed by atoms with Crippen LogP contribution in [0.5, 0.6) is 0 Å². The van der Waals surface area contributed by atoms with Gasteiger partial charge in [0.25, 0.3) is 0 Å². The molecule has 2 aromatic carbocycles. The summed E-state index contributed by atoms with van der Waals surface area (Å²) in [6.07, 6.45) is 0. The van der Waals surface area contributed by atoms with E-state index in [9.17, 15) is 9.90 Å². The molecule has 0 saturated heterocycles. The van der Waals surface area contributed by atoms with Crippen molar-refractivity contribution in [1.29, 1.82) is 0 Å². The number of alkyl halides is 1. The van der Waals surface area contributed by atoms with Crippen LogP contribution >= 0.6 is 11.6 Å². The Kier molecular flexibility index (Phi) is 4.99. The molecule has 0 spiro atoms. The molecule has 4 heteroatoms. The summed E-state index contributed by atoms with van der Waals surface area (Å²) in [5.74, 6) is -0.330. The van der Waals surface area contributed by atoms with Crippen molar-refractivity contribution in [2.75, 3.05) is 6.61 Å². The molecular weight excluding hydrogens is 286 g/mol. The molecule has 2 aromatic rings.